The third-order valence-electron chi connectivity index (χ3n) is 2.49. The normalized spacial score (nSPS) is 11.3. The van der Waals surface area contributed by atoms with Crippen LogP contribution >= 0.6 is 0 Å². The lowest BCUT2D eigenvalue weighted by molar-refractivity contribution is 0.640. The molecule has 0 fully saturated rings. The van der Waals surface area contributed by atoms with Gasteiger partial charge in [0.05, 0.1) is 0 Å². The van der Waals surface area contributed by atoms with Crippen molar-refractivity contribution in [2.24, 2.45) is 0 Å². The molecule has 15 heavy (non-hydrogen) atoms. The quantitative estimate of drug-likeness (QED) is 0.523. The molecule has 1 radical (unpaired) electrons. The van der Waals surface area contributed by atoms with E-state index in [-0.39, 0.29) is 6.04 Å². The summed E-state index contributed by atoms with van der Waals surface area (Å²) in [6, 6.07) is 8.25. The van der Waals surface area contributed by atoms with Gasteiger partial charge in [-0.3, -0.25) is 8.22 Å². The topological polar surface area (TPSA) is 0 Å². The summed E-state index contributed by atoms with van der Waals surface area (Å²) in [5.41, 5.74) is 2.53. The van der Waals surface area contributed by atoms with Crippen molar-refractivity contribution in [1.82, 2.24) is 0 Å². The standard InChI is InChI=1S/C12H17F2Si/c1-10(2)12-8-4-3-6-11(12)7-5-9-15(13)14/h3-4,6,8,10H,5,7,9H2,1-2H3. The van der Waals surface area contributed by atoms with Gasteiger partial charge in [0, 0.05) is 6.04 Å². The van der Waals surface area contributed by atoms with Gasteiger partial charge >= 0.3 is 9.46 Å². The number of halogens is 2. The molecule has 0 aliphatic heterocycles. The van der Waals surface area contributed by atoms with Gasteiger partial charge in [-0.25, -0.2) is 0 Å². The lowest BCUT2D eigenvalue weighted by atomic mass is 9.95. The van der Waals surface area contributed by atoms with Crippen LogP contribution in [-0.2, 0) is 6.42 Å². The van der Waals surface area contributed by atoms with Crippen LogP contribution in [0.3, 0.4) is 0 Å². The van der Waals surface area contributed by atoms with E-state index in [4.69, 9.17) is 0 Å². The van der Waals surface area contributed by atoms with Crippen LogP contribution in [0.4, 0.5) is 8.22 Å². The predicted octanol–water partition coefficient (Wildman–Crippen LogP) is 4.17. The van der Waals surface area contributed by atoms with Crippen molar-refractivity contribution >= 4 is 9.46 Å². The van der Waals surface area contributed by atoms with Gasteiger partial charge in [-0.05, 0) is 29.9 Å². The molecule has 1 aromatic carbocycles. The zero-order valence-electron chi connectivity index (χ0n) is 9.26. The Morgan fingerprint density at radius 3 is 2.47 bits per heavy atom. The first-order valence-corrected chi connectivity index (χ1v) is 6.82. The molecule has 0 aliphatic carbocycles. The molecule has 0 spiro atoms. The maximum absolute atomic E-state index is 12.1. The monoisotopic (exact) mass is 227 g/mol. The third-order valence-corrected chi connectivity index (χ3v) is 3.22. The summed E-state index contributed by atoms with van der Waals surface area (Å²) in [4.78, 5) is 0. The summed E-state index contributed by atoms with van der Waals surface area (Å²) in [6.45, 7) is 4.27. The van der Waals surface area contributed by atoms with E-state index < -0.39 is 9.46 Å². The van der Waals surface area contributed by atoms with Crippen LogP contribution in [0.15, 0.2) is 24.3 Å². The summed E-state index contributed by atoms with van der Waals surface area (Å²) in [5, 5.41) is 0. The molecule has 83 valence electrons. The summed E-state index contributed by atoms with van der Waals surface area (Å²) in [7, 11) is -3.04. The Morgan fingerprint density at radius 1 is 1.20 bits per heavy atom. The summed E-state index contributed by atoms with van der Waals surface area (Å²) < 4.78 is 24.2. The average molecular weight is 227 g/mol. The van der Waals surface area contributed by atoms with Crippen molar-refractivity contribution < 1.29 is 8.22 Å². The van der Waals surface area contributed by atoms with Crippen LogP contribution in [-0.4, -0.2) is 9.46 Å². The van der Waals surface area contributed by atoms with E-state index in [1.807, 2.05) is 12.1 Å². The molecule has 0 atom stereocenters. The van der Waals surface area contributed by atoms with Crippen molar-refractivity contribution in [1.29, 1.82) is 0 Å². The molecule has 0 amide bonds. The van der Waals surface area contributed by atoms with E-state index in [0.29, 0.717) is 12.3 Å². The first-order valence-electron chi connectivity index (χ1n) is 5.36. The molecular weight excluding hydrogens is 210 g/mol. The third kappa shape index (κ3) is 4.12. The maximum Gasteiger partial charge on any atom is 0.476 e. The fourth-order valence-electron chi connectivity index (χ4n) is 1.74. The lowest BCUT2D eigenvalue weighted by Gasteiger charge is -2.11. The van der Waals surface area contributed by atoms with Gasteiger partial charge in [0.15, 0.2) is 0 Å². The Labute approximate surface area is 92.3 Å². The zero-order valence-corrected chi connectivity index (χ0v) is 10.3. The smallest absolute Gasteiger partial charge is 0.268 e. The summed E-state index contributed by atoms with van der Waals surface area (Å²) in [5.74, 6) is 0.474. The van der Waals surface area contributed by atoms with Crippen LogP contribution in [0.1, 0.15) is 37.3 Å². The molecule has 0 unspecified atom stereocenters. The van der Waals surface area contributed by atoms with Gasteiger partial charge in [-0.15, -0.1) is 0 Å². The molecule has 3 heteroatoms. The Hall–Kier alpha value is -0.703. The number of hydrogen-bond acceptors (Lipinski definition) is 0. The molecular formula is C12H17F2Si. The second kappa shape index (κ2) is 6.01. The van der Waals surface area contributed by atoms with Gasteiger partial charge in [0.25, 0.3) is 0 Å². The van der Waals surface area contributed by atoms with E-state index in [9.17, 15) is 8.22 Å². The van der Waals surface area contributed by atoms with Crippen LogP contribution < -0.4 is 0 Å². The first-order chi connectivity index (χ1) is 7.11. The maximum atomic E-state index is 12.1. The molecule has 0 nitrogen and oxygen atoms in total. The number of rotatable bonds is 5. The van der Waals surface area contributed by atoms with Gasteiger partial charge in [-0.2, -0.15) is 0 Å². The molecule has 0 aromatic heterocycles. The fourth-order valence-corrected chi connectivity index (χ4v) is 2.18. The van der Waals surface area contributed by atoms with Gasteiger partial charge in [0.2, 0.25) is 0 Å². The highest BCUT2D eigenvalue weighted by Gasteiger charge is 2.10. The van der Waals surface area contributed by atoms with Crippen molar-refractivity contribution in [2.45, 2.75) is 38.7 Å². The molecule has 0 saturated carbocycles. The van der Waals surface area contributed by atoms with E-state index in [1.165, 1.54) is 11.1 Å². The Kier molecular flexibility index (Phi) is 4.95. The molecule has 0 N–H and O–H groups in total. The minimum absolute atomic E-state index is 0.108. The van der Waals surface area contributed by atoms with E-state index in [0.717, 1.165) is 6.42 Å². The largest absolute Gasteiger partial charge is 0.476 e. The number of aryl methyl sites for hydroxylation is 1. The van der Waals surface area contributed by atoms with Crippen LogP contribution in [0, 0.1) is 0 Å². The van der Waals surface area contributed by atoms with E-state index in [2.05, 4.69) is 26.0 Å². The summed E-state index contributed by atoms with van der Waals surface area (Å²) in [6.07, 6.45) is 1.40. The number of benzene rings is 1. The zero-order chi connectivity index (χ0) is 11.3. The average Bonchev–Trinajstić information content (AvgIpc) is 2.17. The van der Waals surface area contributed by atoms with Gasteiger partial charge in [0.1, 0.15) is 0 Å². The van der Waals surface area contributed by atoms with Crippen LogP contribution in [0.2, 0.25) is 6.04 Å². The second-order valence-corrected chi connectivity index (χ2v) is 5.22. The highest BCUT2D eigenvalue weighted by Crippen LogP contribution is 2.21. The SMILES string of the molecule is CC(C)c1ccccc1CCC[Si](F)F. The fraction of sp³-hybridized carbons (Fsp3) is 0.500. The summed E-state index contributed by atoms with van der Waals surface area (Å²) >= 11 is 0. The highest BCUT2D eigenvalue weighted by atomic mass is 28.4. The number of hydrogen-bond donors (Lipinski definition) is 0. The predicted molar refractivity (Wildman–Crippen MR) is 61.6 cm³/mol. The van der Waals surface area contributed by atoms with E-state index in [1.54, 1.807) is 0 Å². The van der Waals surface area contributed by atoms with Crippen molar-refractivity contribution in [3.8, 4) is 0 Å². The Morgan fingerprint density at radius 2 is 1.87 bits per heavy atom. The Bertz CT molecular complexity index is 297. The first kappa shape index (κ1) is 12.4. The van der Waals surface area contributed by atoms with Crippen molar-refractivity contribution in [3.63, 3.8) is 0 Å². The van der Waals surface area contributed by atoms with Crippen LogP contribution in [0.5, 0.6) is 0 Å². The lowest BCUT2D eigenvalue weighted by Crippen LogP contribution is -2.00. The molecule has 1 aromatic rings. The van der Waals surface area contributed by atoms with Gasteiger partial charge < -0.3 is 0 Å². The van der Waals surface area contributed by atoms with Crippen molar-refractivity contribution in [2.75, 3.05) is 0 Å². The molecule has 0 aliphatic rings. The highest BCUT2D eigenvalue weighted by molar-refractivity contribution is 6.42. The second-order valence-electron chi connectivity index (χ2n) is 4.05. The van der Waals surface area contributed by atoms with Gasteiger partial charge in [-0.1, -0.05) is 38.1 Å². The van der Waals surface area contributed by atoms with Crippen LogP contribution in [0.25, 0.3) is 0 Å². The minimum atomic E-state index is -3.04. The van der Waals surface area contributed by atoms with E-state index >= 15 is 0 Å². The Balaban J connectivity index is 2.59. The molecule has 0 saturated heterocycles. The molecule has 0 bridgehead atoms. The molecule has 1 rings (SSSR count). The van der Waals surface area contributed by atoms with Crippen molar-refractivity contribution in [3.05, 3.63) is 35.4 Å². The molecule has 0 heterocycles. The minimum Gasteiger partial charge on any atom is -0.268 e.